The number of nitrogens with one attached hydrogen (secondary N) is 1. The van der Waals surface area contributed by atoms with Crippen molar-refractivity contribution < 1.29 is 13.9 Å². The molecule has 0 saturated heterocycles. The molecule has 0 aliphatic heterocycles. The van der Waals surface area contributed by atoms with E-state index >= 15 is 0 Å². The fourth-order valence-electron chi connectivity index (χ4n) is 2.15. The molecule has 1 fully saturated rings. The molecule has 1 saturated carbocycles. The van der Waals surface area contributed by atoms with Crippen LogP contribution in [0.5, 0.6) is 5.75 Å². The number of hydrogen-bond donors (Lipinski definition) is 1. The van der Waals surface area contributed by atoms with Crippen molar-refractivity contribution in [3.05, 3.63) is 29.6 Å². The summed E-state index contributed by atoms with van der Waals surface area (Å²) in [4.78, 5) is 12.0. The molecule has 5 heteroatoms. The fraction of sp³-hybridized carbons (Fsp3) is 0.429. The lowest BCUT2D eigenvalue weighted by molar-refractivity contribution is -0.131. The van der Waals surface area contributed by atoms with E-state index in [1.807, 2.05) is 0 Å². The van der Waals surface area contributed by atoms with Gasteiger partial charge in [0.15, 0.2) is 0 Å². The second kappa shape index (κ2) is 5.27. The van der Waals surface area contributed by atoms with Crippen LogP contribution in [0.25, 0.3) is 0 Å². The molecule has 0 atom stereocenters. The van der Waals surface area contributed by atoms with Crippen LogP contribution in [0, 0.1) is 22.6 Å². The summed E-state index contributed by atoms with van der Waals surface area (Å²) in [5, 5.41) is 11.7. The van der Waals surface area contributed by atoms with Crippen LogP contribution < -0.4 is 10.1 Å². The topological polar surface area (TPSA) is 62.1 Å². The maximum Gasteiger partial charge on any atom is 0.240 e. The Labute approximate surface area is 111 Å². The molecule has 100 valence electrons. The van der Waals surface area contributed by atoms with Gasteiger partial charge in [-0.3, -0.25) is 4.79 Å². The van der Waals surface area contributed by atoms with Crippen LogP contribution in [0.15, 0.2) is 18.2 Å². The van der Waals surface area contributed by atoms with Gasteiger partial charge >= 0.3 is 0 Å². The SMILES string of the molecule is COc1ccc(F)cc1CNC(=O)C1(C#N)CCC1. The van der Waals surface area contributed by atoms with E-state index in [0.717, 1.165) is 6.42 Å². The van der Waals surface area contributed by atoms with E-state index in [1.165, 1.54) is 25.3 Å². The van der Waals surface area contributed by atoms with Gasteiger partial charge in [-0.2, -0.15) is 5.26 Å². The van der Waals surface area contributed by atoms with Gasteiger partial charge in [0, 0.05) is 12.1 Å². The lowest BCUT2D eigenvalue weighted by Gasteiger charge is -2.33. The third-order valence-corrected chi connectivity index (χ3v) is 3.54. The Morgan fingerprint density at radius 1 is 1.58 bits per heavy atom. The third kappa shape index (κ3) is 2.53. The highest BCUT2D eigenvalue weighted by Gasteiger charge is 2.44. The highest BCUT2D eigenvalue weighted by atomic mass is 19.1. The zero-order chi connectivity index (χ0) is 13.9. The molecule has 0 radical (unpaired) electrons. The van der Waals surface area contributed by atoms with Crippen molar-refractivity contribution >= 4 is 5.91 Å². The third-order valence-electron chi connectivity index (χ3n) is 3.54. The van der Waals surface area contributed by atoms with Crippen molar-refractivity contribution in [1.29, 1.82) is 5.26 Å². The van der Waals surface area contributed by atoms with Crippen LogP contribution >= 0.6 is 0 Å². The standard InChI is InChI=1S/C14H15FN2O2/c1-19-12-4-3-11(15)7-10(12)8-17-13(18)14(9-16)5-2-6-14/h3-4,7H,2,5-6,8H2,1H3,(H,17,18). The maximum atomic E-state index is 13.2. The van der Waals surface area contributed by atoms with Crippen LogP contribution in [0.2, 0.25) is 0 Å². The number of carbonyl (C=O) groups is 1. The van der Waals surface area contributed by atoms with Gasteiger partial charge in [-0.1, -0.05) is 0 Å². The van der Waals surface area contributed by atoms with Gasteiger partial charge in [0.1, 0.15) is 17.0 Å². The Hall–Kier alpha value is -2.09. The summed E-state index contributed by atoms with van der Waals surface area (Å²) in [5.74, 6) is -0.155. The number of carbonyl (C=O) groups excluding carboxylic acids is 1. The minimum Gasteiger partial charge on any atom is -0.496 e. The molecule has 0 bridgehead atoms. The monoisotopic (exact) mass is 262 g/mol. The first-order chi connectivity index (χ1) is 9.11. The van der Waals surface area contributed by atoms with Crippen LogP contribution in [0.4, 0.5) is 4.39 Å². The number of nitriles is 1. The van der Waals surface area contributed by atoms with E-state index in [4.69, 9.17) is 10.00 Å². The van der Waals surface area contributed by atoms with Crippen molar-refractivity contribution in [2.45, 2.75) is 25.8 Å². The second-order valence-electron chi connectivity index (χ2n) is 4.69. The maximum absolute atomic E-state index is 13.2. The lowest BCUT2D eigenvalue weighted by Crippen LogP contribution is -2.44. The fourth-order valence-corrected chi connectivity index (χ4v) is 2.15. The largest absolute Gasteiger partial charge is 0.496 e. The molecule has 0 unspecified atom stereocenters. The van der Waals surface area contributed by atoms with Crippen molar-refractivity contribution in [3.63, 3.8) is 0 Å². The average molecular weight is 262 g/mol. The van der Waals surface area contributed by atoms with Gasteiger partial charge in [0.25, 0.3) is 0 Å². The minimum absolute atomic E-state index is 0.156. The molecule has 0 aromatic heterocycles. The molecule has 1 amide bonds. The number of hydrogen-bond acceptors (Lipinski definition) is 3. The Balaban J connectivity index is 2.05. The number of amides is 1. The summed E-state index contributed by atoms with van der Waals surface area (Å²) in [6, 6.07) is 6.20. The molecule has 19 heavy (non-hydrogen) atoms. The number of ether oxygens (including phenoxy) is 1. The molecule has 2 rings (SSSR count). The predicted octanol–water partition coefficient (Wildman–Crippen LogP) is 2.14. The van der Waals surface area contributed by atoms with Gasteiger partial charge in [-0.05, 0) is 37.5 Å². The highest BCUT2D eigenvalue weighted by molar-refractivity contribution is 5.86. The van der Waals surface area contributed by atoms with Crippen LogP contribution in [0.3, 0.4) is 0 Å². The van der Waals surface area contributed by atoms with Gasteiger partial charge in [-0.25, -0.2) is 4.39 Å². The minimum atomic E-state index is -0.888. The van der Waals surface area contributed by atoms with E-state index in [-0.39, 0.29) is 18.3 Å². The first kappa shape index (κ1) is 13.3. The molecule has 4 nitrogen and oxygen atoms in total. The smallest absolute Gasteiger partial charge is 0.240 e. The van der Waals surface area contributed by atoms with Gasteiger partial charge in [-0.15, -0.1) is 0 Å². The van der Waals surface area contributed by atoms with Gasteiger partial charge in [0.05, 0.1) is 13.2 Å². The summed E-state index contributed by atoms with van der Waals surface area (Å²) < 4.78 is 18.3. The Bertz CT molecular complexity index is 533. The van der Waals surface area contributed by atoms with E-state index in [0.29, 0.717) is 24.2 Å². The normalized spacial score (nSPS) is 16.1. The average Bonchev–Trinajstić information content (AvgIpc) is 2.36. The number of rotatable bonds is 4. The Morgan fingerprint density at radius 3 is 2.84 bits per heavy atom. The zero-order valence-electron chi connectivity index (χ0n) is 10.7. The molecule has 1 N–H and O–H groups in total. The van der Waals surface area contributed by atoms with Crippen molar-refractivity contribution in [2.24, 2.45) is 5.41 Å². The predicted molar refractivity (Wildman–Crippen MR) is 66.7 cm³/mol. The van der Waals surface area contributed by atoms with Crippen LogP contribution in [-0.2, 0) is 11.3 Å². The molecule has 1 aliphatic rings. The summed E-state index contributed by atoms with van der Waals surface area (Å²) >= 11 is 0. The van der Waals surface area contributed by atoms with Gasteiger partial charge < -0.3 is 10.1 Å². The number of nitrogens with zero attached hydrogens (tertiary/aromatic N) is 1. The zero-order valence-corrected chi connectivity index (χ0v) is 10.7. The summed E-state index contributed by atoms with van der Waals surface area (Å²) in [5.41, 5.74) is -0.330. The number of halogens is 1. The quantitative estimate of drug-likeness (QED) is 0.904. The molecular formula is C14H15FN2O2. The van der Waals surface area contributed by atoms with E-state index in [1.54, 1.807) is 0 Å². The highest BCUT2D eigenvalue weighted by Crippen LogP contribution is 2.40. The summed E-state index contributed by atoms with van der Waals surface area (Å²) in [6.07, 6.45) is 2.08. The van der Waals surface area contributed by atoms with E-state index in [2.05, 4.69) is 11.4 Å². The Kier molecular flexibility index (Phi) is 3.70. The molecule has 1 aromatic rings. The van der Waals surface area contributed by atoms with Crippen molar-refractivity contribution in [3.8, 4) is 11.8 Å². The first-order valence-corrected chi connectivity index (χ1v) is 6.13. The van der Waals surface area contributed by atoms with E-state index in [9.17, 15) is 9.18 Å². The van der Waals surface area contributed by atoms with Gasteiger partial charge in [0.2, 0.25) is 5.91 Å². The van der Waals surface area contributed by atoms with Crippen molar-refractivity contribution in [2.75, 3.05) is 7.11 Å². The first-order valence-electron chi connectivity index (χ1n) is 6.13. The molecule has 0 heterocycles. The number of benzene rings is 1. The second-order valence-corrected chi connectivity index (χ2v) is 4.69. The number of methoxy groups -OCH3 is 1. The van der Waals surface area contributed by atoms with Crippen molar-refractivity contribution in [1.82, 2.24) is 5.32 Å². The van der Waals surface area contributed by atoms with E-state index < -0.39 is 5.41 Å². The summed E-state index contributed by atoms with van der Waals surface area (Å²) in [7, 11) is 1.49. The molecule has 0 spiro atoms. The molecule has 1 aliphatic carbocycles. The molecule has 1 aromatic carbocycles. The molecular weight excluding hydrogens is 247 g/mol. The Morgan fingerprint density at radius 2 is 2.32 bits per heavy atom. The van der Waals surface area contributed by atoms with Crippen LogP contribution in [-0.4, -0.2) is 13.0 Å². The van der Waals surface area contributed by atoms with Crippen LogP contribution in [0.1, 0.15) is 24.8 Å². The summed E-state index contributed by atoms with van der Waals surface area (Å²) in [6.45, 7) is 0.156. The lowest BCUT2D eigenvalue weighted by atomic mass is 9.69.